The number of aromatic amines is 2. The molecule has 0 fully saturated rings. The molecule has 0 aliphatic carbocycles. The normalized spacial score (nSPS) is 11.4. The van der Waals surface area contributed by atoms with E-state index in [-0.39, 0.29) is 19.5 Å². The average molecular weight is 728 g/mol. The van der Waals surface area contributed by atoms with Crippen molar-refractivity contribution in [1.82, 2.24) is 19.9 Å². The Morgan fingerprint density at radius 3 is 0.925 bits per heavy atom. The van der Waals surface area contributed by atoms with E-state index in [9.17, 15) is 0 Å². The van der Waals surface area contributed by atoms with Crippen molar-refractivity contribution < 1.29 is 19.5 Å². The number of nitrogens with zero attached hydrogens (tertiary/aromatic N) is 2. The van der Waals surface area contributed by atoms with Gasteiger partial charge in [0.1, 0.15) is 0 Å². The van der Waals surface area contributed by atoms with Crippen molar-refractivity contribution >= 4 is 46.4 Å². The topological polar surface area (TPSA) is 57.4 Å². The molecule has 4 aromatic carbocycles. The summed E-state index contributed by atoms with van der Waals surface area (Å²) in [4.78, 5) is 18.3. The van der Waals surface area contributed by atoms with Crippen LogP contribution < -0.4 is 0 Å². The Hall–Kier alpha value is -6.78. The van der Waals surface area contributed by atoms with Crippen LogP contribution in [0.15, 0.2) is 133 Å². The number of hydrogen-bond acceptors (Lipinski definition) is 2. The molecule has 5 heterocycles. The first-order valence-corrected chi connectivity index (χ1v) is 17.1. The molecule has 0 unspecified atom stereocenters. The molecule has 0 radical (unpaired) electrons. The molecule has 0 amide bonds. The second-order valence-electron chi connectivity index (χ2n) is 12.7. The first-order valence-electron chi connectivity index (χ1n) is 17.1. The van der Waals surface area contributed by atoms with E-state index in [2.05, 4.69) is 143 Å². The van der Waals surface area contributed by atoms with Crippen LogP contribution in [0, 0.1) is 24.7 Å². The molecule has 53 heavy (non-hydrogen) atoms. The fraction of sp³-hybridized carbons (Fsp3) is 0. The number of aromatic nitrogens is 4. The maximum Gasteiger partial charge on any atom is 0.0737 e. The zero-order valence-electron chi connectivity index (χ0n) is 28.8. The quantitative estimate of drug-likeness (QED) is 0.140. The number of fused-ring (bicyclic) bond motifs is 8. The van der Waals surface area contributed by atoms with Crippen LogP contribution in [0.5, 0.6) is 0 Å². The summed E-state index contributed by atoms with van der Waals surface area (Å²) < 4.78 is 0. The number of benzene rings is 4. The van der Waals surface area contributed by atoms with Gasteiger partial charge in [0, 0.05) is 74.9 Å². The maximum absolute atomic E-state index is 5.74. The number of hydrogen-bond donors (Lipinski definition) is 2. The van der Waals surface area contributed by atoms with Gasteiger partial charge in [0.05, 0.1) is 22.8 Å². The predicted molar refractivity (Wildman–Crippen MR) is 216 cm³/mol. The number of rotatable bonds is 4. The van der Waals surface area contributed by atoms with Crippen LogP contribution in [0.1, 0.15) is 33.9 Å². The van der Waals surface area contributed by atoms with Crippen LogP contribution in [-0.2, 0) is 19.5 Å². The Labute approximate surface area is 320 Å². The SMILES string of the molecule is C#Cc1ccc(-c2c3nc(c(-c4ccccc4)c4ccc([nH]4)c(-c4ccc(C#C)cc4)c4nc(c(-c5ccccc5)c5ccc2[nH]5)C=C4)C=C3)cc1.[Zn]. The van der Waals surface area contributed by atoms with Crippen molar-refractivity contribution in [3.8, 4) is 69.2 Å². The zero-order chi connectivity index (χ0) is 35.0. The summed E-state index contributed by atoms with van der Waals surface area (Å²) >= 11 is 0. The minimum Gasteiger partial charge on any atom is -0.354 e. The van der Waals surface area contributed by atoms with Crippen molar-refractivity contribution in [3.05, 3.63) is 167 Å². The molecule has 0 spiro atoms. The summed E-state index contributed by atoms with van der Waals surface area (Å²) in [7, 11) is 0. The molecular formula is C48H30N4Zn. The summed E-state index contributed by atoms with van der Waals surface area (Å²) in [5.41, 5.74) is 16.9. The number of H-pyrrole nitrogens is 2. The molecule has 7 aromatic rings. The largest absolute Gasteiger partial charge is 0.354 e. The standard InChI is InChI=1S/C48H30N4.Zn/c1-3-31-15-19-35(20-16-31)47-41-27-23-37(49-41)45(33-11-7-5-8-12-33)39-25-29-43(51-39)48(36-21-17-32(4-2)18-22-36)44-30-26-40(52-44)46(34-13-9-6-10-14-34)38-24-28-42(47)50-38;/h1-2,5-30,49,52H;. The third-order valence-corrected chi connectivity index (χ3v) is 9.56. The van der Waals surface area contributed by atoms with Gasteiger partial charge in [-0.2, -0.15) is 0 Å². The predicted octanol–water partition coefficient (Wildman–Crippen LogP) is 11.3. The summed E-state index contributed by atoms with van der Waals surface area (Å²) in [6, 6.07) is 45.5. The molecule has 3 aromatic heterocycles. The van der Waals surface area contributed by atoms with E-state index in [1.807, 2.05) is 36.4 Å². The summed E-state index contributed by atoms with van der Waals surface area (Å²) in [5.74, 6) is 5.49. The van der Waals surface area contributed by atoms with Gasteiger partial charge in [-0.3, -0.25) is 0 Å². The van der Waals surface area contributed by atoms with E-state index in [0.29, 0.717) is 0 Å². The van der Waals surface area contributed by atoms with Crippen molar-refractivity contribution in [2.24, 2.45) is 0 Å². The Balaban J connectivity index is 0.00000400. The van der Waals surface area contributed by atoms with Gasteiger partial charge in [-0.1, -0.05) is 96.8 Å². The maximum atomic E-state index is 5.74. The molecule has 0 atom stereocenters. The first kappa shape index (κ1) is 33.4. The summed E-state index contributed by atoms with van der Waals surface area (Å²) in [6.45, 7) is 0. The molecule has 0 saturated carbocycles. The molecule has 2 aliphatic rings. The van der Waals surface area contributed by atoms with Crippen molar-refractivity contribution in [2.75, 3.05) is 0 Å². The van der Waals surface area contributed by atoms with Crippen LogP contribution in [0.2, 0.25) is 0 Å². The molecule has 9 rings (SSSR count). The van der Waals surface area contributed by atoms with Gasteiger partial charge >= 0.3 is 0 Å². The molecule has 8 bridgehead atoms. The van der Waals surface area contributed by atoms with Gasteiger partial charge in [-0.15, -0.1) is 12.8 Å². The molecule has 4 nitrogen and oxygen atoms in total. The molecule has 0 saturated heterocycles. The van der Waals surface area contributed by atoms with E-state index in [1.165, 1.54) is 0 Å². The number of terminal acetylenes is 2. The second-order valence-corrected chi connectivity index (χ2v) is 12.7. The molecule has 2 aliphatic heterocycles. The van der Waals surface area contributed by atoms with E-state index in [1.54, 1.807) is 0 Å². The van der Waals surface area contributed by atoms with Crippen molar-refractivity contribution in [2.45, 2.75) is 0 Å². The Bertz CT molecular complexity index is 2630. The minimum atomic E-state index is 0. The van der Waals surface area contributed by atoms with Gasteiger partial charge < -0.3 is 9.97 Å². The second kappa shape index (κ2) is 14.1. The third-order valence-electron chi connectivity index (χ3n) is 9.56. The smallest absolute Gasteiger partial charge is 0.0737 e. The minimum absolute atomic E-state index is 0. The van der Waals surface area contributed by atoms with Gasteiger partial charge in [0.25, 0.3) is 0 Å². The Morgan fingerprint density at radius 1 is 0.358 bits per heavy atom. The van der Waals surface area contributed by atoms with Gasteiger partial charge in [0.2, 0.25) is 0 Å². The van der Waals surface area contributed by atoms with E-state index >= 15 is 0 Å². The van der Waals surface area contributed by atoms with Crippen LogP contribution in [0.25, 0.3) is 90.9 Å². The van der Waals surface area contributed by atoms with Crippen LogP contribution in [0.4, 0.5) is 0 Å². The van der Waals surface area contributed by atoms with Crippen LogP contribution >= 0.6 is 0 Å². The average Bonchev–Trinajstić information content (AvgIpc) is 4.04. The van der Waals surface area contributed by atoms with Crippen LogP contribution in [-0.4, -0.2) is 19.9 Å². The van der Waals surface area contributed by atoms with Gasteiger partial charge in [-0.05, 0) is 95.1 Å². The van der Waals surface area contributed by atoms with Crippen LogP contribution in [0.3, 0.4) is 0 Å². The molecule has 2 N–H and O–H groups in total. The third kappa shape index (κ3) is 6.15. The van der Waals surface area contributed by atoms with E-state index < -0.39 is 0 Å². The first-order chi connectivity index (χ1) is 25.7. The van der Waals surface area contributed by atoms with E-state index in [0.717, 1.165) is 100 Å². The number of nitrogens with one attached hydrogen (secondary N) is 2. The fourth-order valence-electron chi connectivity index (χ4n) is 7.10. The van der Waals surface area contributed by atoms with Crippen molar-refractivity contribution in [3.63, 3.8) is 0 Å². The monoisotopic (exact) mass is 726 g/mol. The molecule has 5 heteroatoms. The molecule has 244 valence electrons. The Morgan fingerprint density at radius 2 is 0.642 bits per heavy atom. The summed E-state index contributed by atoms with van der Waals surface area (Å²) in [6.07, 6.45) is 19.9. The van der Waals surface area contributed by atoms with Gasteiger partial charge in [0.15, 0.2) is 0 Å². The zero-order valence-corrected chi connectivity index (χ0v) is 31.7. The molecular weight excluding hydrogens is 698 g/mol. The van der Waals surface area contributed by atoms with Crippen molar-refractivity contribution in [1.29, 1.82) is 0 Å². The summed E-state index contributed by atoms with van der Waals surface area (Å²) in [5, 5.41) is 0. The fourth-order valence-corrected chi connectivity index (χ4v) is 7.10. The van der Waals surface area contributed by atoms with E-state index in [4.69, 9.17) is 22.8 Å². The Kier molecular flexibility index (Phi) is 8.87. The van der Waals surface area contributed by atoms with Gasteiger partial charge in [-0.25, -0.2) is 9.97 Å².